The summed E-state index contributed by atoms with van der Waals surface area (Å²) in [4.78, 5) is 39.8. The average Bonchev–Trinajstić information content (AvgIpc) is 2.84. The molecule has 1 unspecified atom stereocenters. The smallest absolute Gasteiger partial charge is 0.417 e. The summed E-state index contributed by atoms with van der Waals surface area (Å²) in [5.74, 6) is -1.93. The number of hydrogen-bond donors (Lipinski definition) is 1. The standard InChI is InChI=1S/C14H16N2O6/c1-21-11-4-3-8(7-15-11)5-9-6-10(13(18)19)16(12(9)17)14(20)22-2/h3-4,7,9-10H,5-6H2,1-2H3,(H,18,19)/t9?,10-/m0/s1. The van der Waals surface area contributed by atoms with Gasteiger partial charge in [-0.2, -0.15) is 0 Å². The predicted octanol–water partition coefficient (Wildman–Crippen LogP) is 0.701. The number of carbonyl (C=O) groups excluding carboxylic acids is 2. The van der Waals surface area contributed by atoms with E-state index in [2.05, 4.69) is 9.72 Å². The van der Waals surface area contributed by atoms with Gasteiger partial charge in [0.05, 0.1) is 14.2 Å². The van der Waals surface area contributed by atoms with Crippen LogP contribution in [0.4, 0.5) is 4.79 Å². The van der Waals surface area contributed by atoms with Crippen molar-refractivity contribution in [1.82, 2.24) is 9.88 Å². The fourth-order valence-electron chi connectivity index (χ4n) is 2.46. The maximum absolute atomic E-state index is 12.3. The highest BCUT2D eigenvalue weighted by atomic mass is 16.5. The number of ether oxygens (including phenoxy) is 2. The van der Waals surface area contributed by atoms with Crippen LogP contribution in [0.5, 0.6) is 5.88 Å². The van der Waals surface area contributed by atoms with Gasteiger partial charge in [0, 0.05) is 18.2 Å². The van der Waals surface area contributed by atoms with Gasteiger partial charge in [-0.3, -0.25) is 4.79 Å². The number of imide groups is 1. The summed E-state index contributed by atoms with van der Waals surface area (Å²) in [6, 6.07) is 2.20. The summed E-state index contributed by atoms with van der Waals surface area (Å²) in [5.41, 5.74) is 0.759. The molecule has 8 nitrogen and oxygen atoms in total. The van der Waals surface area contributed by atoms with Crippen molar-refractivity contribution in [3.63, 3.8) is 0 Å². The number of methoxy groups -OCH3 is 2. The fraction of sp³-hybridized carbons (Fsp3) is 0.429. The second-order valence-electron chi connectivity index (χ2n) is 4.88. The third kappa shape index (κ3) is 3.00. The normalized spacial score (nSPS) is 20.8. The summed E-state index contributed by atoms with van der Waals surface area (Å²) in [6.45, 7) is 0. The largest absolute Gasteiger partial charge is 0.481 e. The van der Waals surface area contributed by atoms with E-state index < -0.39 is 29.9 Å². The number of pyridine rings is 1. The number of likely N-dealkylation sites (tertiary alicyclic amines) is 1. The van der Waals surface area contributed by atoms with Gasteiger partial charge in [-0.25, -0.2) is 19.5 Å². The third-order valence-electron chi connectivity index (χ3n) is 3.55. The van der Waals surface area contributed by atoms with Gasteiger partial charge >= 0.3 is 12.1 Å². The van der Waals surface area contributed by atoms with Gasteiger partial charge in [0.1, 0.15) is 6.04 Å². The minimum atomic E-state index is -1.23. The minimum Gasteiger partial charge on any atom is -0.481 e. The van der Waals surface area contributed by atoms with Crippen molar-refractivity contribution in [3.05, 3.63) is 23.9 Å². The molecule has 1 N–H and O–H groups in total. The van der Waals surface area contributed by atoms with Crippen molar-refractivity contribution >= 4 is 18.0 Å². The van der Waals surface area contributed by atoms with Crippen LogP contribution < -0.4 is 4.74 Å². The summed E-state index contributed by atoms with van der Waals surface area (Å²) < 4.78 is 9.43. The minimum absolute atomic E-state index is 0.0509. The second-order valence-corrected chi connectivity index (χ2v) is 4.88. The van der Waals surface area contributed by atoms with Crippen molar-refractivity contribution in [2.24, 2.45) is 5.92 Å². The lowest BCUT2D eigenvalue weighted by Crippen LogP contribution is -2.43. The van der Waals surface area contributed by atoms with Gasteiger partial charge < -0.3 is 14.6 Å². The van der Waals surface area contributed by atoms with Crippen molar-refractivity contribution in [1.29, 1.82) is 0 Å². The molecule has 22 heavy (non-hydrogen) atoms. The van der Waals surface area contributed by atoms with E-state index >= 15 is 0 Å². The predicted molar refractivity (Wildman–Crippen MR) is 73.3 cm³/mol. The van der Waals surface area contributed by atoms with Gasteiger partial charge in [-0.05, 0) is 18.4 Å². The maximum Gasteiger partial charge on any atom is 0.417 e. The first-order valence-electron chi connectivity index (χ1n) is 6.60. The number of rotatable bonds is 4. The molecular weight excluding hydrogens is 292 g/mol. The zero-order chi connectivity index (χ0) is 16.3. The van der Waals surface area contributed by atoms with Crippen molar-refractivity contribution in [2.45, 2.75) is 18.9 Å². The maximum atomic E-state index is 12.3. The van der Waals surface area contributed by atoms with E-state index in [9.17, 15) is 14.4 Å². The Morgan fingerprint density at radius 2 is 2.14 bits per heavy atom. The lowest BCUT2D eigenvalue weighted by molar-refractivity contribution is -0.145. The second kappa shape index (κ2) is 6.42. The lowest BCUT2D eigenvalue weighted by Gasteiger charge is -2.17. The quantitative estimate of drug-likeness (QED) is 0.872. The van der Waals surface area contributed by atoms with Crippen LogP contribution >= 0.6 is 0 Å². The van der Waals surface area contributed by atoms with Gasteiger partial charge in [0.25, 0.3) is 0 Å². The van der Waals surface area contributed by atoms with E-state index in [1.165, 1.54) is 7.11 Å². The van der Waals surface area contributed by atoms with Gasteiger partial charge in [-0.1, -0.05) is 6.07 Å². The molecule has 0 saturated carbocycles. The zero-order valence-electron chi connectivity index (χ0n) is 12.2. The van der Waals surface area contributed by atoms with E-state index in [1.807, 2.05) is 0 Å². The number of amides is 2. The van der Waals surface area contributed by atoms with Crippen molar-refractivity contribution in [2.75, 3.05) is 14.2 Å². The molecule has 1 aromatic rings. The molecule has 2 atom stereocenters. The Balaban J connectivity index is 2.16. The highest BCUT2D eigenvalue weighted by molar-refractivity contribution is 6.00. The van der Waals surface area contributed by atoms with E-state index in [0.717, 1.165) is 12.7 Å². The molecule has 2 heterocycles. The number of aliphatic carboxylic acids is 1. The zero-order valence-corrected chi connectivity index (χ0v) is 12.2. The summed E-state index contributed by atoms with van der Waals surface area (Å²) >= 11 is 0. The number of aromatic nitrogens is 1. The molecule has 8 heteroatoms. The first kappa shape index (κ1) is 15.7. The van der Waals surface area contributed by atoms with Crippen LogP contribution in [0.1, 0.15) is 12.0 Å². The number of hydrogen-bond acceptors (Lipinski definition) is 6. The topological polar surface area (TPSA) is 106 Å². The number of carboxylic acid groups (broad SMARTS) is 1. The number of nitrogens with zero attached hydrogens (tertiary/aromatic N) is 2. The first-order chi connectivity index (χ1) is 10.5. The Hall–Kier alpha value is -2.64. The molecule has 1 aliphatic heterocycles. The molecule has 2 rings (SSSR count). The van der Waals surface area contributed by atoms with Gasteiger partial charge in [0.15, 0.2) is 0 Å². The van der Waals surface area contributed by atoms with Crippen molar-refractivity contribution < 1.29 is 29.0 Å². The van der Waals surface area contributed by atoms with E-state index in [1.54, 1.807) is 18.3 Å². The molecule has 1 aliphatic rings. The number of carbonyl (C=O) groups is 3. The van der Waals surface area contributed by atoms with Gasteiger partial charge in [0.2, 0.25) is 11.8 Å². The van der Waals surface area contributed by atoms with E-state index in [-0.39, 0.29) is 6.42 Å². The lowest BCUT2D eigenvalue weighted by atomic mass is 9.97. The van der Waals surface area contributed by atoms with Crippen LogP contribution in [-0.4, -0.2) is 53.2 Å². The highest BCUT2D eigenvalue weighted by Gasteiger charge is 2.47. The first-order valence-corrected chi connectivity index (χ1v) is 6.60. The molecule has 0 spiro atoms. The fourth-order valence-corrected chi connectivity index (χ4v) is 2.46. The molecule has 1 saturated heterocycles. The number of carboxylic acids is 1. The molecule has 1 aromatic heterocycles. The van der Waals surface area contributed by atoms with Crippen LogP contribution in [0.15, 0.2) is 18.3 Å². The molecule has 118 valence electrons. The molecular formula is C14H16N2O6. The Morgan fingerprint density at radius 1 is 1.41 bits per heavy atom. The van der Waals surface area contributed by atoms with Crippen molar-refractivity contribution in [3.8, 4) is 5.88 Å². The SMILES string of the molecule is COC(=O)N1C(=O)C(Cc2ccc(OC)nc2)C[C@H]1C(=O)O. The summed E-state index contributed by atoms with van der Waals surface area (Å²) in [6.07, 6.45) is 0.957. The average molecular weight is 308 g/mol. The molecule has 1 fully saturated rings. The molecule has 0 radical (unpaired) electrons. The van der Waals surface area contributed by atoms with Crippen LogP contribution in [-0.2, 0) is 20.7 Å². The summed E-state index contributed by atoms with van der Waals surface area (Å²) in [7, 11) is 2.60. The third-order valence-corrected chi connectivity index (χ3v) is 3.55. The van der Waals surface area contributed by atoms with E-state index in [0.29, 0.717) is 17.2 Å². The van der Waals surface area contributed by atoms with Crippen LogP contribution in [0.2, 0.25) is 0 Å². The van der Waals surface area contributed by atoms with Crippen LogP contribution in [0.3, 0.4) is 0 Å². The van der Waals surface area contributed by atoms with Crippen LogP contribution in [0, 0.1) is 5.92 Å². The molecule has 0 aliphatic carbocycles. The summed E-state index contributed by atoms with van der Waals surface area (Å²) in [5, 5.41) is 9.17. The van der Waals surface area contributed by atoms with Gasteiger partial charge in [-0.15, -0.1) is 0 Å². The Morgan fingerprint density at radius 3 is 2.64 bits per heavy atom. The Labute approximate surface area is 126 Å². The molecule has 2 amide bonds. The monoisotopic (exact) mass is 308 g/mol. The van der Waals surface area contributed by atoms with E-state index in [4.69, 9.17) is 9.84 Å². The molecule has 0 bridgehead atoms. The Kier molecular flexibility index (Phi) is 4.59. The highest BCUT2D eigenvalue weighted by Crippen LogP contribution is 2.28. The Bertz CT molecular complexity index is 586. The van der Waals surface area contributed by atoms with Crippen LogP contribution in [0.25, 0.3) is 0 Å². The molecule has 0 aromatic carbocycles.